The molecule has 2 N–H and O–H groups in total. The Bertz CT molecular complexity index is 1570. The number of pyridine rings is 1. The molecule has 0 saturated carbocycles. The molecule has 0 amide bonds. The number of nitrogens with zero attached hydrogens (tertiary/aromatic N) is 3. The molecule has 1 aromatic heterocycles. The number of hydrogen-bond donors (Lipinski definition) is 2. The lowest BCUT2D eigenvalue weighted by atomic mass is 10.1. The second-order valence-corrected chi connectivity index (χ2v) is 10.3. The van der Waals surface area contributed by atoms with Crippen molar-refractivity contribution in [1.82, 2.24) is 4.98 Å². The third-order valence-electron chi connectivity index (χ3n) is 6.20. The fourth-order valence-corrected chi connectivity index (χ4v) is 5.34. The molecule has 0 aliphatic carbocycles. The van der Waals surface area contributed by atoms with Gasteiger partial charge in [0.2, 0.25) is 0 Å². The van der Waals surface area contributed by atoms with Crippen molar-refractivity contribution in [2.75, 3.05) is 40.7 Å². The average Bonchev–Trinajstić information content (AvgIpc) is 2.88. The summed E-state index contributed by atoms with van der Waals surface area (Å²) in [7, 11) is -4.01. The van der Waals surface area contributed by atoms with Gasteiger partial charge in [0.05, 0.1) is 16.0 Å². The van der Waals surface area contributed by atoms with Crippen LogP contribution in [0, 0.1) is 11.6 Å². The molecule has 0 bridgehead atoms. The van der Waals surface area contributed by atoms with Crippen LogP contribution in [-0.2, 0) is 10.0 Å². The van der Waals surface area contributed by atoms with E-state index in [4.69, 9.17) is 0 Å². The van der Waals surface area contributed by atoms with Crippen LogP contribution in [0.25, 0.3) is 10.9 Å². The minimum atomic E-state index is -4.01. The van der Waals surface area contributed by atoms with Crippen molar-refractivity contribution in [3.8, 4) is 0 Å². The van der Waals surface area contributed by atoms with Gasteiger partial charge in [0.25, 0.3) is 10.0 Å². The van der Waals surface area contributed by atoms with Gasteiger partial charge >= 0.3 is 5.97 Å². The van der Waals surface area contributed by atoms with E-state index < -0.39 is 21.8 Å². The quantitative estimate of drug-likeness (QED) is 0.387. The molecule has 5 rings (SSSR count). The van der Waals surface area contributed by atoms with Gasteiger partial charge in [-0.15, -0.1) is 0 Å². The van der Waals surface area contributed by atoms with E-state index in [2.05, 4.69) is 14.6 Å². The highest BCUT2D eigenvalue weighted by Crippen LogP contribution is 2.28. The number of fused-ring (bicyclic) bond motifs is 1. The third-order valence-corrected chi connectivity index (χ3v) is 7.59. The van der Waals surface area contributed by atoms with Crippen molar-refractivity contribution in [2.45, 2.75) is 4.90 Å². The van der Waals surface area contributed by atoms with Crippen LogP contribution >= 0.6 is 0 Å². The highest BCUT2D eigenvalue weighted by molar-refractivity contribution is 7.92. The van der Waals surface area contributed by atoms with Gasteiger partial charge in [-0.25, -0.2) is 27.0 Å². The number of carboxylic acid groups (broad SMARTS) is 1. The number of carbonyl (C=O) groups is 1. The van der Waals surface area contributed by atoms with E-state index in [1.165, 1.54) is 30.3 Å². The van der Waals surface area contributed by atoms with Crippen LogP contribution in [0.15, 0.2) is 77.7 Å². The maximum absolute atomic E-state index is 13.2. The number of aromatic carboxylic acids is 1. The van der Waals surface area contributed by atoms with Crippen molar-refractivity contribution in [3.05, 3.63) is 90.0 Å². The van der Waals surface area contributed by atoms with Gasteiger partial charge in [-0.2, -0.15) is 0 Å². The summed E-state index contributed by atoms with van der Waals surface area (Å²) in [5.74, 6) is -1.52. The van der Waals surface area contributed by atoms with Gasteiger partial charge in [-0.3, -0.25) is 4.72 Å². The molecule has 0 spiro atoms. The van der Waals surface area contributed by atoms with Crippen LogP contribution in [0.5, 0.6) is 0 Å². The molecular formula is C26H22F2N4O4S. The number of piperazine rings is 1. The smallest absolute Gasteiger partial charge is 0.336 e. The van der Waals surface area contributed by atoms with E-state index in [0.717, 1.165) is 30.0 Å². The van der Waals surface area contributed by atoms with Crippen LogP contribution in [0.4, 0.5) is 26.0 Å². The minimum absolute atomic E-state index is 0.0104. The Kier molecular flexibility index (Phi) is 6.38. The molecule has 190 valence electrons. The van der Waals surface area contributed by atoms with Gasteiger partial charge in [0, 0.05) is 42.9 Å². The first-order valence-corrected chi connectivity index (χ1v) is 12.9. The Morgan fingerprint density at radius 1 is 0.838 bits per heavy atom. The summed E-state index contributed by atoms with van der Waals surface area (Å²) in [5, 5.41) is 10.2. The van der Waals surface area contributed by atoms with E-state index in [1.807, 2.05) is 4.90 Å². The summed E-state index contributed by atoms with van der Waals surface area (Å²) in [4.78, 5) is 20.7. The first kappa shape index (κ1) is 24.4. The van der Waals surface area contributed by atoms with Gasteiger partial charge in [-0.1, -0.05) is 0 Å². The minimum Gasteiger partial charge on any atom is -0.478 e. The molecule has 1 aliphatic rings. The molecule has 0 unspecified atom stereocenters. The highest BCUT2D eigenvalue weighted by atomic mass is 32.2. The number of carboxylic acids is 1. The molecule has 11 heteroatoms. The molecule has 0 radical (unpaired) electrons. The first-order chi connectivity index (χ1) is 17.7. The molecule has 0 atom stereocenters. The molecular weight excluding hydrogens is 502 g/mol. The Morgan fingerprint density at radius 3 is 2.05 bits per heavy atom. The summed E-state index contributed by atoms with van der Waals surface area (Å²) in [5.41, 5.74) is 1.46. The highest BCUT2D eigenvalue weighted by Gasteiger charge is 2.22. The number of sulfonamides is 1. The lowest BCUT2D eigenvalue weighted by Gasteiger charge is -2.37. The first-order valence-electron chi connectivity index (χ1n) is 11.4. The van der Waals surface area contributed by atoms with E-state index in [1.54, 1.807) is 18.2 Å². The summed E-state index contributed by atoms with van der Waals surface area (Å²) >= 11 is 0. The van der Waals surface area contributed by atoms with Gasteiger partial charge in [-0.05, 0) is 72.8 Å². The Morgan fingerprint density at radius 2 is 1.43 bits per heavy atom. The number of halogens is 2. The van der Waals surface area contributed by atoms with E-state index in [-0.39, 0.29) is 27.3 Å². The monoisotopic (exact) mass is 524 g/mol. The third kappa shape index (κ3) is 5.17. The molecule has 37 heavy (non-hydrogen) atoms. The number of hydrogen-bond acceptors (Lipinski definition) is 6. The van der Waals surface area contributed by atoms with Crippen molar-refractivity contribution in [2.24, 2.45) is 0 Å². The van der Waals surface area contributed by atoms with Crippen molar-refractivity contribution in [1.29, 1.82) is 0 Å². The zero-order chi connectivity index (χ0) is 26.2. The predicted octanol–water partition coefficient (Wildman–Crippen LogP) is 4.34. The molecule has 4 aromatic rings. The number of benzene rings is 3. The van der Waals surface area contributed by atoms with Crippen LogP contribution in [0.1, 0.15) is 10.4 Å². The zero-order valence-electron chi connectivity index (χ0n) is 19.4. The van der Waals surface area contributed by atoms with E-state index in [9.17, 15) is 27.1 Å². The van der Waals surface area contributed by atoms with Crippen molar-refractivity contribution < 1.29 is 27.1 Å². The number of anilines is 3. The SMILES string of the molecule is O=C(O)c1cc(N2CCN(c3ccc(F)cc3)CC2)nc2ccc(NS(=O)(=O)c3ccc(F)cc3)cc12. The van der Waals surface area contributed by atoms with Crippen LogP contribution < -0.4 is 14.5 Å². The topological polar surface area (TPSA) is 103 Å². The van der Waals surface area contributed by atoms with Gasteiger partial charge in [0.15, 0.2) is 0 Å². The average molecular weight is 525 g/mol. The van der Waals surface area contributed by atoms with Gasteiger partial charge in [0.1, 0.15) is 17.5 Å². The summed E-state index contributed by atoms with van der Waals surface area (Å²) in [6.45, 7) is 2.48. The summed E-state index contributed by atoms with van der Waals surface area (Å²) in [6, 6.07) is 16.6. The Labute approximate surface area is 211 Å². The fourth-order valence-electron chi connectivity index (χ4n) is 4.29. The van der Waals surface area contributed by atoms with Crippen molar-refractivity contribution >= 4 is 44.1 Å². The molecule has 2 heterocycles. The van der Waals surface area contributed by atoms with E-state index in [0.29, 0.717) is 37.5 Å². The molecule has 3 aromatic carbocycles. The van der Waals surface area contributed by atoms with Crippen LogP contribution in [0.3, 0.4) is 0 Å². The molecule has 1 aliphatic heterocycles. The maximum Gasteiger partial charge on any atom is 0.336 e. The number of aromatic nitrogens is 1. The standard InChI is InChI=1S/C26H22F2N4O4S/c27-17-1-6-20(7-2-17)31-11-13-32(14-12-31)25-16-23(26(33)34)22-15-19(5-10-24(22)29-25)30-37(35,36)21-8-3-18(28)4-9-21/h1-10,15-16,30H,11-14H2,(H,33,34). The normalized spacial score (nSPS) is 14.1. The van der Waals surface area contributed by atoms with Crippen LogP contribution in [-0.4, -0.2) is 50.7 Å². The van der Waals surface area contributed by atoms with Gasteiger partial charge < -0.3 is 14.9 Å². The summed E-state index contributed by atoms with van der Waals surface area (Å²) < 4.78 is 54.2. The second-order valence-electron chi connectivity index (χ2n) is 8.58. The predicted molar refractivity (Wildman–Crippen MR) is 137 cm³/mol. The van der Waals surface area contributed by atoms with Crippen molar-refractivity contribution in [3.63, 3.8) is 0 Å². The Balaban J connectivity index is 1.39. The zero-order valence-corrected chi connectivity index (χ0v) is 20.3. The molecule has 1 saturated heterocycles. The second kappa shape index (κ2) is 9.66. The molecule has 1 fully saturated rings. The number of nitrogens with one attached hydrogen (secondary N) is 1. The summed E-state index contributed by atoms with van der Waals surface area (Å²) in [6.07, 6.45) is 0. The number of rotatable bonds is 6. The maximum atomic E-state index is 13.2. The van der Waals surface area contributed by atoms with E-state index >= 15 is 0 Å². The fraction of sp³-hybridized carbons (Fsp3) is 0.154. The van der Waals surface area contributed by atoms with Crippen LogP contribution in [0.2, 0.25) is 0 Å². The molecule has 8 nitrogen and oxygen atoms in total. The lowest BCUT2D eigenvalue weighted by molar-refractivity contribution is 0.0699. The lowest BCUT2D eigenvalue weighted by Crippen LogP contribution is -2.46. The Hall–Kier alpha value is -4.25. The largest absolute Gasteiger partial charge is 0.478 e.